The summed E-state index contributed by atoms with van der Waals surface area (Å²) >= 11 is 1.69. The van der Waals surface area contributed by atoms with Crippen LogP contribution in [0.4, 0.5) is 0 Å². The van der Waals surface area contributed by atoms with E-state index < -0.39 is 0 Å². The van der Waals surface area contributed by atoms with Gasteiger partial charge in [0.05, 0.1) is 31.1 Å². The molecule has 0 amide bonds. The molecule has 1 atom stereocenters. The number of thiazole rings is 1. The molecule has 1 aliphatic heterocycles. The largest absolute Gasteiger partial charge is 0.374 e. The van der Waals surface area contributed by atoms with E-state index in [2.05, 4.69) is 25.2 Å². The van der Waals surface area contributed by atoms with Crippen molar-refractivity contribution in [2.24, 2.45) is 7.05 Å². The van der Waals surface area contributed by atoms with Crippen LogP contribution in [0.2, 0.25) is 0 Å². The summed E-state index contributed by atoms with van der Waals surface area (Å²) in [6.07, 6.45) is 3.64. The first-order valence-corrected chi connectivity index (χ1v) is 9.14. The molecule has 0 bridgehead atoms. The lowest BCUT2D eigenvalue weighted by Crippen LogP contribution is -2.36. The van der Waals surface area contributed by atoms with Crippen LogP contribution in [0.5, 0.6) is 0 Å². The molecule has 0 N–H and O–H groups in total. The van der Waals surface area contributed by atoms with Gasteiger partial charge in [0, 0.05) is 43.8 Å². The van der Waals surface area contributed by atoms with Crippen LogP contribution in [0.1, 0.15) is 28.0 Å². The molecule has 0 radical (unpaired) electrons. The Morgan fingerprint density at radius 1 is 1.28 bits per heavy atom. The van der Waals surface area contributed by atoms with Gasteiger partial charge in [0.2, 0.25) is 0 Å². The lowest BCUT2D eigenvalue weighted by Gasteiger charge is -2.31. The first-order valence-electron chi connectivity index (χ1n) is 8.26. The van der Waals surface area contributed by atoms with Gasteiger partial charge in [-0.15, -0.1) is 16.4 Å². The Bertz CT molecular complexity index is 804. The molecule has 0 unspecified atom stereocenters. The molecular weight excluding hydrogens is 336 g/mol. The van der Waals surface area contributed by atoms with Gasteiger partial charge in [0.15, 0.2) is 0 Å². The molecule has 8 heteroatoms. The monoisotopic (exact) mass is 356 g/mol. The minimum absolute atomic E-state index is 0.243. The molecular formula is C17H20N6OS. The van der Waals surface area contributed by atoms with Gasteiger partial charge in [-0.3, -0.25) is 14.6 Å². The van der Waals surface area contributed by atoms with Crippen LogP contribution in [-0.2, 0) is 31.5 Å². The summed E-state index contributed by atoms with van der Waals surface area (Å²) < 4.78 is 7.83. The van der Waals surface area contributed by atoms with Crippen LogP contribution in [-0.4, -0.2) is 43.0 Å². The van der Waals surface area contributed by atoms with Crippen molar-refractivity contribution in [2.45, 2.75) is 25.6 Å². The Morgan fingerprint density at radius 2 is 2.24 bits per heavy atom. The van der Waals surface area contributed by atoms with Crippen molar-refractivity contribution in [3.63, 3.8) is 0 Å². The third-order valence-corrected chi connectivity index (χ3v) is 5.08. The third kappa shape index (κ3) is 3.76. The smallest absolute Gasteiger partial charge is 0.107 e. The second-order valence-corrected chi connectivity index (χ2v) is 7.15. The van der Waals surface area contributed by atoms with Gasteiger partial charge < -0.3 is 4.74 Å². The number of nitrogens with zero attached hydrogens (tertiary/aromatic N) is 6. The molecule has 130 valence electrons. The van der Waals surface area contributed by atoms with Gasteiger partial charge in [0.1, 0.15) is 10.7 Å². The Morgan fingerprint density at radius 3 is 3.04 bits per heavy atom. The van der Waals surface area contributed by atoms with E-state index >= 15 is 0 Å². The average Bonchev–Trinajstić information content (AvgIpc) is 3.26. The minimum atomic E-state index is 0.243. The number of hydrogen-bond donors (Lipinski definition) is 0. The average molecular weight is 356 g/mol. The van der Waals surface area contributed by atoms with Crippen LogP contribution in [0.15, 0.2) is 36.0 Å². The van der Waals surface area contributed by atoms with E-state index in [1.165, 1.54) is 5.69 Å². The SMILES string of the molecule is Cn1nnc2c1[C@H](COCc1ccccn1)CN(Cc1nccs1)C2. The highest BCUT2D eigenvalue weighted by Gasteiger charge is 2.30. The fourth-order valence-electron chi connectivity index (χ4n) is 3.26. The van der Waals surface area contributed by atoms with Crippen LogP contribution in [0, 0.1) is 0 Å². The molecule has 0 aromatic carbocycles. The van der Waals surface area contributed by atoms with E-state index in [0.29, 0.717) is 13.2 Å². The number of hydrogen-bond acceptors (Lipinski definition) is 7. The van der Waals surface area contributed by atoms with Crippen molar-refractivity contribution in [3.05, 3.63) is 58.1 Å². The summed E-state index contributed by atoms with van der Waals surface area (Å²) in [5.74, 6) is 0.243. The van der Waals surface area contributed by atoms with Crippen LogP contribution in [0.3, 0.4) is 0 Å². The topological polar surface area (TPSA) is 69.0 Å². The molecule has 0 saturated heterocycles. The number of aromatic nitrogens is 5. The lowest BCUT2D eigenvalue weighted by atomic mass is 9.99. The summed E-state index contributed by atoms with van der Waals surface area (Å²) in [6, 6.07) is 5.87. The number of pyridine rings is 1. The Kier molecular flexibility index (Phi) is 4.82. The Hall–Kier alpha value is -2.16. The summed E-state index contributed by atoms with van der Waals surface area (Å²) in [7, 11) is 1.95. The molecule has 4 rings (SSSR count). The lowest BCUT2D eigenvalue weighted by molar-refractivity contribution is 0.0812. The molecule has 4 heterocycles. The maximum Gasteiger partial charge on any atom is 0.107 e. The van der Waals surface area contributed by atoms with Crippen molar-refractivity contribution >= 4 is 11.3 Å². The normalized spacial score (nSPS) is 17.6. The van der Waals surface area contributed by atoms with Crippen LogP contribution in [0.25, 0.3) is 0 Å². The number of fused-ring (bicyclic) bond motifs is 1. The van der Waals surface area contributed by atoms with Gasteiger partial charge >= 0.3 is 0 Å². The Balaban J connectivity index is 1.44. The summed E-state index contributed by atoms with van der Waals surface area (Å²) in [5.41, 5.74) is 3.16. The van der Waals surface area contributed by atoms with Crippen molar-refractivity contribution in [1.29, 1.82) is 0 Å². The maximum atomic E-state index is 5.95. The zero-order valence-corrected chi connectivity index (χ0v) is 14.9. The van der Waals surface area contributed by atoms with Gasteiger partial charge in [-0.25, -0.2) is 4.98 Å². The van der Waals surface area contributed by atoms with Crippen molar-refractivity contribution in [2.75, 3.05) is 13.2 Å². The molecule has 3 aromatic heterocycles. The maximum absolute atomic E-state index is 5.95. The predicted molar refractivity (Wildman–Crippen MR) is 93.9 cm³/mol. The summed E-state index contributed by atoms with van der Waals surface area (Å²) in [4.78, 5) is 11.1. The zero-order valence-electron chi connectivity index (χ0n) is 14.1. The predicted octanol–water partition coefficient (Wildman–Crippen LogP) is 1.98. The first-order chi connectivity index (χ1) is 12.3. The standard InChI is InChI=1S/C17H20N6OS/c1-22-17-13(11-24-12-14-4-2-3-5-18-14)8-23(9-15(17)20-21-22)10-16-19-6-7-25-16/h2-7,13H,8-12H2,1H3/t13-/m0/s1. The van der Waals surface area contributed by atoms with E-state index in [1.807, 2.05) is 41.5 Å². The molecule has 7 nitrogen and oxygen atoms in total. The van der Waals surface area contributed by atoms with E-state index in [-0.39, 0.29) is 5.92 Å². The minimum Gasteiger partial charge on any atom is -0.374 e. The second kappa shape index (κ2) is 7.38. The third-order valence-electron chi connectivity index (χ3n) is 4.32. The van der Waals surface area contributed by atoms with E-state index in [4.69, 9.17) is 4.74 Å². The van der Waals surface area contributed by atoms with Crippen molar-refractivity contribution in [1.82, 2.24) is 29.9 Å². The molecule has 25 heavy (non-hydrogen) atoms. The van der Waals surface area contributed by atoms with Crippen LogP contribution < -0.4 is 0 Å². The van der Waals surface area contributed by atoms with E-state index in [1.54, 1.807) is 17.5 Å². The summed E-state index contributed by atoms with van der Waals surface area (Å²) in [5, 5.41) is 11.7. The highest BCUT2D eigenvalue weighted by molar-refractivity contribution is 7.09. The Labute approximate surface area is 150 Å². The zero-order chi connectivity index (χ0) is 17.1. The molecule has 0 saturated carbocycles. The highest BCUT2D eigenvalue weighted by Crippen LogP contribution is 2.28. The van der Waals surface area contributed by atoms with Gasteiger partial charge in [-0.05, 0) is 12.1 Å². The molecule has 3 aromatic rings. The fourth-order valence-corrected chi connectivity index (χ4v) is 3.92. The fraction of sp³-hybridized carbons (Fsp3) is 0.412. The quantitative estimate of drug-likeness (QED) is 0.673. The molecule has 1 aliphatic rings. The molecule has 0 aliphatic carbocycles. The highest BCUT2D eigenvalue weighted by atomic mass is 32.1. The number of ether oxygens (including phenoxy) is 1. The second-order valence-electron chi connectivity index (χ2n) is 6.17. The van der Waals surface area contributed by atoms with Crippen LogP contribution >= 0.6 is 11.3 Å². The van der Waals surface area contributed by atoms with Gasteiger partial charge in [-0.2, -0.15) is 0 Å². The number of rotatable bonds is 6. The van der Waals surface area contributed by atoms with Crippen molar-refractivity contribution in [3.8, 4) is 0 Å². The first kappa shape index (κ1) is 16.3. The van der Waals surface area contributed by atoms with Gasteiger partial charge in [-0.1, -0.05) is 11.3 Å². The summed E-state index contributed by atoms with van der Waals surface area (Å²) in [6.45, 7) is 3.70. The van der Waals surface area contributed by atoms with Crippen molar-refractivity contribution < 1.29 is 4.74 Å². The van der Waals surface area contributed by atoms with E-state index in [0.717, 1.165) is 36.0 Å². The van der Waals surface area contributed by atoms with Gasteiger partial charge in [0.25, 0.3) is 0 Å². The number of aryl methyl sites for hydroxylation is 1. The van der Waals surface area contributed by atoms with E-state index in [9.17, 15) is 0 Å². The molecule has 0 spiro atoms. The molecule has 0 fully saturated rings.